The van der Waals surface area contributed by atoms with Gasteiger partial charge in [-0.15, -0.1) is 0 Å². The normalized spacial score (nSPS) is 35.8. The van der Waals surface area contributed by atoms with Crippen LogP contribution in [0.2, 0.25) is 0 Å². The van der Waals surface area contributed by atoms with Gasteiger partial charge in [0.05, 0.1) is 5.92 Å². The first-order chi connectivity index (χ1) is 6.11. The smallest absolute Gasteiger partial charge is 0.309 e. The fourth-order valence-electron chi connectivity index (χ4n) is 2.15. The van der Waals surface area contributed by atoms with E-state index in [1.807, 2.05) is 13.8 Å². The lowest BCUT2D eigenvalue weighted by atomic mass is 10.0. The van der Waals surface area contributed by atoms with Crippen molar-refractivity contribution >= 4 is 5.97 Å². The van der Waals surface area contributed by atoms with Crippen molar-refractivity contribution in [2.75, 3.05) is 0 Å². The Bertz CT molecular complexity index is 255. The van der Waals surface area contributed by atoms with Crippen molar-refractivity contribution in [1.29, 1.82) is 0 Å². The zero-order valence-corrected chi connectivity index (χ0v) is 8.25. The first-order valence-electron chi connectivity index (χ1n) is 5.03. The Balaban J connectivity index is 2.02. The molecule has 2 atom stereocenters. The largest absolute Gasteiger partial charge is 0.455 e. The number of carbonyl (C=O) groups excluding carboxylic acids is 1. The lowest BCUT2D eigenvalue weighted by Crippen LogP contribution is -2.30. The van der Waals surface area contributed by atoms with Gasteiger partial charge in [-0.05, 0) is 31.3 Å². The van der Waals surface area contributed by atoms with Gasteiger partial charge in [-0.3, -0.25) is 4.79 Å². The predicted octanol–water partition coefficient (Wildman–Crippen LogP) is 2.29. The number of ether oxygens (including phenoxy) is 1. The standard InChI is InChI=1S/C11H16O2/c1-8(2)10(12)13-11-5-3-9(7-11)4-6-11/h3,5,8-9H,4,6-7H2,1-2H3. The molecule has 2 heteroatoms. The van der Waals surface area contributed by atoms with Gasteiger partial charge in [0.25, 0.3) is 0 Å². The third-order valence-corrected chi connectivity index (χ3v) is 2.99. The van der Waals surface area contributed by atoms with Gasteiger partial charge in [0.2, 0.25) is 0 Å². The zero-order valence-electron chi connectivity index (χ0n) is 8.25. The first kappa shape index (κ1) is 8.79. The molecule has 2 rings (SSSR count). The molecule has 0 aromatic rings. The molecule has 2 aliphatic rings. The third-order valence-electron chi connectivity index (χ3n) is 2.99. The lowest BCUT2D eigenvalue weighted by molar-refractivity contribution is -0.158. The summed E-state index contributed by atoms with van der Waals surface area (Å²) in [5.74, 6) is 0.592. The molecule has 0 spiro atoms. The van der Waals surface area contributed by atoms with Crippen molar-refractivity contribution in [3.63, 3.8) is 0 Å². The minimum atomic E-state index is -0.216. The van der Waals surface area contributed by atoms with Crippen LogP contribution in [0.15, 0.2) is 12.2 Å². The summed E-state index contributed by atoms with van der Waals surface area (Å²) in [4.78, 5) is 11.4. The Kier molecular flexibility index (Phi) is 1.94. The monoisotopic (exact) mass is 180 g/mol. The van der Waals surface area contributed by atoms with Crippen LogP contribution >= 0.6 is 0 Å². The van der Waals surface area contributed by atoms with E-state index in [1.54, 1.807) is 0 Å². The van der Waals surface area contributed by atoms with Crippen molar-refractivity contribution < 1.29 is 9.53 Å². The minimum absolute atomic E-state index is 0.0116. The van der Waals surface area contributed by atoms with Gasteiger partial charge in [0.15, 0.2) is 0 Å². The zero-order chi connectivity index (χ0) is 9.47. The van der Waals surface area contributed by atoms with E-state index in [1.165, 1.54) is 6.42 Å². The van der Waals surface area contributed by atoms with Crippen LogP contribution in [0.1, 0.15) is 33.1 Å². The van der Waals surface area contributed by atoms with Gasteiger partial charge < -0.3 is 4.74 Å². The highest BCUT2D eigenvalue weighted by Crippen LogP contribution is 2.45. The van der Waals surface area contributed by atoms with Gasteiger partial charge in [-0.1, -0.05) is 19.9 Å². The molecule has 72 valence electrons. The van der Waals surface area contributed by atoms with Crippen LogP contribution in [0, 0.1) is 11.8 Å². The molecule has 0 amide bonds. The number of esters is 1. The van der Waals surface area contributed by atoms with Crippen LogP contribution in [-0.4, -0.2) is 11.6 Å². The second kappa shape index (κ2) is 2.86. The summed E-state index contributed by atoms with van der Waals surface area (Å²) in [7, 11) is 0. The predicted molar refractivity (Wildman–Crippen MR) is 50.1 cm³/mol. The topological polar surface area (TPSA) is 26.3 Å². The van der Waals surface area contributed by atoms with Crippen LogP contribution in [-0.2, 0) is 9.53 Å². The van der Waals surface area contributed by atoms with E-state index in [2.05, 4.69) is 12.2 Å². The fourth-order valence-corrected chi connectivity index (χ4v) is 2.15. The molecule has 2 bridgehead atoms. The summed E-state index contributed by atoms with van der Waals surface area (Å²) in [6.45, 7) is 3.76. The van der Waals surface area contributed by atoms with Crippen molar-refractivity contribution in [2.45, 2.75) is 38.7 Å². The van der Waals surface area contributed by atoms with Crippen LogP contribution in [0.5, 0.6) is 0 Å². The second-order valence-electron chi connectivity index (χ2n) is 4.50. The number of rotatable bonds is 2. The van der Waals surface area contributed by atoms with Crippen LogP contribution < -0.4 is 0 Å². The quantitative estimate of drug-likeness (QED) is 0.481. The molecule has 0 N–H and O–H groups in total. The maximum Gasteiger partial charge on any atom is 0.309 e. The average Bonchev–Trinajstić information content (AvgIpc) is 2.62. The molecule has 0 radical (unpaired) electrons. The number of allylic oxidation sites excluding steroid dienone is 1. The molecule has 2 unspecified atom stereocenters. The molecule has 1 saturated carbocycles. The third kappa shape index (κ3) is 1.50. The first-order valence-corrected chi connectivity index (χ1v) is 5.03. The van der Waals surface area contributed by atoms with Gasteiger partial charge in [0.1, 0.15) is 5.60 Å². The summed E-state index contributed by atoms with van der Waals surface area (Å²) in [5.41, 5.74) is -0.216. The van der Waals surface area contributed by atoms with Crippen molar-refractivity contribution in [2.24, 2.45) is 11.8 Å². The molecule has 2 aliphatic carbocycles. The van der Waals surface area contributed by atoms with Crippen LogP contribution in [0.3, 0.4) is 0 Å². The average molecular weight is 180 g/mol. The molecule has 0 aliphatic heterocycles. The van der Waals surface area contributed by atoms with Crippen LogP contribution in [0.25, 0.3) is 0 Å². The van der Waals surface area contributed by atoms with Gasteiger partial charge in [-0.2, -0.15) is 0 Å². The molecule has 0 saturated heterocycles. The Labute approximate surface area is 79.0 Å². The highest BCUT2D eigenvalue weighted by atomic mass is 16.6. The van der Waals surface area contributed by atoms with Gasteiger partial charge >= 0.3 is 5.97 Å². The summed E-state index contributed by atoms with van der Waals surface area (Å²) >= 11 is 0. The van der Waals surface area contributed by atoms with Crippen molar-refractivity contribution in [1.82, 2.24) is 0 Å². The highest BCUT2D eigenvalue weighted by Gasteiger charge is 2.44. The maximum absolute atomic E-state index is 11.4. The lowest BCUT2D eigenvalue weighted by Gasteiger charge is -2.24. The summed E-state index contributed by atoms with van der Waals surface area (Å²) < 4.78 is 5.53. The molecular formula is C11H16O2. The SMILES string of the molecule is CC(C)C(=O)OC12C=CC(CC1)C2. The number of hydrogen-bond donors (Lipinski definition) is 0. The summed E-state index contributed by atoms with van der Waals surface area (Å²) in [5, 5.41) is 0. The molecule has 13 heavy (non-hydrogen) atoms. The second-order valence-corrected chi connectivity index (χ2v) is 4.50. The Hall–Kier alpha value is -0.790. The molecule has 1 fully saturated rings. The van der Waals surface area contributed by atoms with E-state index >= 15 is 0 Å². The maximum atomic E-state index is 11.4. The van der Waals surface area contributed by atoms with E-state index in [0.717, 1.165) is 12.8 Å². The Morgan fingerprint density at radius 2 is 2.38 bits per heavy atom. The van der Waals surface area contributed by atoms with Crippen molar-refractivity contribution in [3.8, 4) is 0 Å². The van der Waals surface area contributed by atoms with E-state index in [-0.39, 0.29) is 17.5 Å². The van der Waals surface area contributed by atoms with E-state index in [0.29, 0.717) is 5.92 Å². The van der Waals surface area contributed by atoms with Gasteiger partial charge in [0, 0.05) is 0 Å². The molecule has 0 aromatic heterocycles. The number of carbonyl (C=O) groups is 1. The van der Waals surface area contributed by atoms with E-state index in [9.17, 15) is 4.79 Å². The summed E-state index contributed by atoms with van der Waals surface area (Å²) in [6, 6.07) is 0. The number of fused-ring (bicyclic) bond motifs is 2. The Morgan fingerprint density at radius 3 is 2.77 bits per heavy atom. The number of hydrogen-bond acceptors (Lipinski definition) is 2. The molecule has 0 aromatic carbocycles. The highest BCUT2D eigenvalue weighted by molar-refractivity contribution is 5.72. The molecule has 2 nitrogen and oxygen atoms in total. The van der Waals surface area contributed by atoms with Crippen molar-refractivity contribution in [3.05, 3.63) is 12.2 Å². The van der Waals surface area contributed by atoms with Gasteiger partial charge in [-0.25, -0.2) is 0 Å². The van der Waals surface area contributed by atoms with E-state index in [4.69, 9.17) is 4.74 Å². The molecular weight excluding hydrogens is 164 g/mol. The van der Waals surface area contributed by atoms with E-state index < -0.39 is 0 Å². The minimum Gasteiger partial charge on any atom is -0.455 e. The fraction of sp³-hybridized carbons (Fsp3) is 0.727. The Morgan fingerprint density at radius 1 is 1.62 bits per heavy atom. The molecule has 0 heterocycles. The van der Waals surface area contributed by atoms with Crippen LogP contribution in [0.4, 0.5) is 0 Å². The summed E-state index contributed by atoms with van der Waals surface area (Å²) in [6.07, 6.45) is 7.50.